The predicted molar refractivity (Wildman–Crippen MR) is 128 cm³/mol. The van der Waals surface area contributed by atoms with E-state index in [0.29, 0.717) is 41.3 Å². The van der Waals surface area contributed by atoms with E-state index in [1.165, 1.54) is 22.9 Å². The molecule has 0 N–H and O–H groups in total. The Morgan fingerprint density at radius 2 is 1.77 bits per heavy atom. The molecule has 1 amide bonds. The van der Waals surface area contributed by atoms with Gasteiger partial charge in [0.05, 0.1) is 33.6 Å². The van der Waals surface area contributed by atoms with Crippen LogP contribution in [0.4, 0.5) is 13.2 Å². The van der Waals surface area contributed by atoms with Crippen LogP contribution in [-0.2, 0) is 6.18 Å². The molecule has 4 aromatic rings. The molecule has 0 saturated carbocycles. The van der Waals surface area contributed by atoms with Gasteiger partial charge in [-0.25, -0.2) is 9.67 Å². The SMILES string of the molecule is Cc1nn(-c2ccccc2C(F)(F)F)c2nc(-c3ccccc3)cc(C(=O)N3CCC[C@@H](C)C3)c12. The van der Waals surface area contributed by atoms with Crippen molar-refractivity contribution in [2.24, 2.45) is 5.92 Å². The van der Waals surface area contributed by atoms with Crippen LogP contribution in [0.1, 0.15) is 41.4 Å². The van der Waals surface area contributed by atoms with E-state index in [1.807, 2.05) is 35.2 Å². The maximum Gasteiger partial charge on any atom is 0.418 e. The Morgan fingerprint density at radius 3 is 2.49 bits per heavy atom. The summed E-state index contributed by atoms with van der Waals surface area (Å²) in [5.41, 5.74) is 1.44. The molecule has 5 rings (SSSR count). The van der Waals surface area contributed by atoms with Crippen LogP contribution in [-0.4, -0.2) is 38.7 Å². The number of benzene rings is 2. The van der Waals surface area contributed by atoms with Gasteiger partial charge in [-0.3, -0.25) is 4.79 Å². The van der Waals surface area contributed by atoms with Crippen LogP contribution < -0.4 is 0 Å². The van der Waals surface area contributed by atoms with Gasteiger partial charge >= 0.3 is 6.18 Å². The number of fused-ring (bicyclic) bond motifs is 1. The number of rotatable bonds is 3. The number of carbonyl (C=O) groups excluding carboxylic acids is 1. The molecule has 0 bridgehead atoms. The molecule has 35 heavy (non-hydrogen) atoms. The van der Waals surface area contributed by atoms with Crippen LogP contribution in [0.25, 0.3) is 28.0 Å². The van der Waals surface area contributed by atoms with Crippen LogP contribution >= 0.6 is 0 Å². The van der Waals surface area contributed by atoms with Crippen molar-refractivity contribution in [3.8, 4) is 16.9 Å². The van der Waals surface area contributed by atoms with Gasteiger partial charge in [-0.1, -0.05) is 49.4 Å². The average Bonchev–Trinajstić information content (AvgIpc) is 3.19. The lowest BCUT2D eigenvalue weighted by Gasteiger charge is -2.31. The van der Waals surface area contributed by atoms with E-state index in [2.05, 4.69) is 12.0 Å². The first-order chi connectivity index (χ1) is 16.7. The number of para-hydroxylation sites is 1. The molecule has 5 nitrogen and oxygen atoms in total. The van der Waals surface area contributed by atoms with E-state index in [4.69, 9.17) is 4.98 Å². The molecule has 3 heterocycles. The minimum Gasteiger partial charge on any atom is -0.338 e. The van der Waals surface area contributed by atoms with Gasteiger partial charge in [0.1, 0.15) is 0 Å². The highest BCUT2D eigenvalue weighted by Gasteiger charge is 2.35. The molecule has 0 radical (unpaired) electrons. The van der Waals surface area contributed by atoms with Crippen molar-refractivity contribution in [1.82, 2.24) is 19.7 Å². The predicted octanol–water partition coefficient (Wildman–Crippen LogP) is 6.29. The van der Waals surface area contributed by atoms with E-state index < -0.39 is 11.7 Å². The Balaban J connectivity index is 1.77. The lowest BCUT2D eigenvalue weighted by atomic mass is 9.98. The second-order valence-electron chi connectivity index (χ2n) is 9.13. The van der Waals surface area contributed by atoms with Gasteiger partial charge in [0.15, 0.2) is 5.65 Å². The Labute approximate surface area is 201 Å². The number of pyridine rings is 1. The van der Waals surface area contributed by atoms with E-state index in [-0.39, 0.29) is 17.2 Å². The molecule has 1 fully saturated rings. The first kappa shape index (κ1) is 23.1. The van der Waals surface area contributed by atoms with Crippen molar-refractivity contribution >= 4 is 16.9 Å². The van der Waals surface area contributed by atoms with Crippen molar-refractivity contribution in [2.45, 2.75) is 32.9 Å². The van der Waals surface area contributed by atoms with Gasteiger partial charge < -0.3 is 4.90 Å². The second-order valence-corrected chi connectivity index (χ2v) is 9.13. The van der Waals surface area contributed by atoms with Crippen LogP contribution in [0.2, 0.25) is 0 Å². The summed E-state index contributed by atoms with van der Waals surface area (Å²) < 4.78 is 42.8. The number of carbonyl (C=O) groups is 1. The number of hydrogen-bond acceptors (Lipinski definition) is 3. The minimum absolute atomic E-state index is 0.124. The fourth-order valence-corrected chi connectivity index (χ4v) is 4.82. The molecule has 0 aliphatic carbocycles. The first-order valence-corrected chi connectivity index (χ1v) is 11.7. The van der Waals surface area contributed by atoms with Gasteiger partial charge in [0, 0.05) is 18.7 Å². The first-order valence-electron chi connectivity index (χ1n) is 11.7. The average molecular weight is 479 g/mol. The van der Waals surface area contributed by atoms with Crippen molar-refractivity contribution in [1.29, 1.82) is 0 Å². The summed E-state index contributed by atoms with van der Waals surface area (Å²) in [6.45, 7) is 5.12. The molecule has 2 aromatic carbocycles. The van der Waals surface area contributed by atoms with E-state index in [1.54, 1.807) is 13.0 Å². The van der Waals surface area contributed by atoms with Crippen molar-refractivity contribution in [3.05, 3.63) is 77.5 Å². The number of alkyl halides is 3. The largest absolute Gasteiger partial charge is 0.418 e. The molecule has 8 heteroatoms. The zero-order chi connectivity index (χ0) is 24.7. The number of piperidine rings is 1. The number of amides is 1. The fourth-order valence-electron chi connectivity index (χ4n) is 4.82. The van der Waals surface area contributed by atoms with Gasteiger partial charge in [0.2, 0.25) is 0 Å². The third kappa shape index (κ3) is 4.29. The Bertz CT molecular complexity index is 1400. The van der Waals surface area contributed by atoms with Crippen LogP contribution in [0, 0.1) is 12.8 Å². The van der Waals surface area contributed by atoms with Crippen molar-refractivity contribution in [2.75, 3.05) is 13.1 Å². The van der Waals surface area contributed by atoms with E-state index >= 15 is 0 Å². The number of halogens is 3. The summed E-state index contributed by atoms with van der Waals surface area (Å²) in [5.74, 6) is 0.244. The summed E-state index contributed by atoms with van der Waals surface area (Å²) in [5, 5.41) is 4.93. The topological polar surface area (TPSA) is 51.0 Å². The quantitative estimate of drug-likeness (QED) is 0.348. The number of aryl methyl sites for hydroxylation is 1. The van der Waals surface area contributed by atoms with Crippen molar-refractivity contribution < 1.29 is 18.0 Å². The third-order valence-electron chi connectivity index (χ3n) is 6.49. The lowest BCUT2D eigenvalue weighted by molar-refractivity contribution is -0.137. The zero-order valence-electron chi connectivity index (χ0n) is 19.5. The summed E-state index contributed by atoms with van der Waals surface area (Å²) in [7, 11) is 0. The summed E-state index contributed by atoms with van der Waals surface area (Å²) in [6, 6.07) is 16.3. The Kier molecular flexibility index (Phi) is 5.83. The van der Waals surface area contributed by atoms with Gasteiger partial charge in [-0.2, -0.15) is 18.3 Å². The van der Waals surface area contributed by atoms with Crippen molar-refractivity contribution in [3.63, 3.8) is 0 Å². The molecule has 1 aliphatic rings. The highest BCUT2D eigenvalue weighted by molar-refractivity contribution is 6.07. The second kappa shape index (κ2) is 8.83. The highest BCUT2D eigenvalue weighted by atomic mass is 19.4. The summed E-state index contributed by atoms with van der Waals surface area (Å²) in [6.07, 6.45) is -2.58. The molecule has 180 valence electrons. The maximum atomic E-state index is 13.8. The Morgan fingerprint density at radius 1 is 1.06 bits per heavy atom. The number of likely N-dealkylation sites (tertiary alicyclic amines) is 1. The molecule has 0 unspecified atom stereocenters. The van der Waals surface area contributed by atoms with Gasteiger partial charge in [-0.05, 0) is 43.9 Å². The molecule has 2 aromatic heterocycles. The molecule has 1 atom stereocenters. The summed E-state index contributed by atoms with van der Waals surface area (Å²) in [4.78, 5) is 20.3. The molecule has 1 saturated heterocycles. The zero-order valence-corrected chi connectivity index (χ0v) is 19.5. The molecule has 1 aliphatic heterocycles. The van der Waals surface area contributed by atoms with Crippen LogP contribution in [0.3, 0.4) is 0 Å². The maximum absolute atomic E-state index is 13.8. The van der Waals surface area contributed by atoms with Crippen LogP contribution in [0.15, 0.2) is 60.7 Å². The monoisotopic (exact) mass is 478 g/mol. The molecular formula is C27H25F3N4O. The van der Waals surface area contributed by atoms with Gasteiger partial charge in [0.25, 0.3) is 5.91 Å². The smallest absolute Gasteiger partial charge is 0.338 e. The van der Waals surface area contributed by atoms with E-state index in [9.17, 15) is 18.0 Å². The van der Waals surface area contributed by atoms with Crippen LogP contribution in [0.5, 0.6) is 0 Å². The lowest BCUT2D eigenvalue weighted by Crippen LogP contribution is -2.39. The highest BCUT2D eigenvalue weighted by Crippen LogP contribution is 2.36. The number of nitrogens with zero attached hydrogens (tertiary/aromatic N) is 4. The van der Waals surface area contributed by atoms with Gasteiger partial charge in [-0.15, -0.1) is 0 Å². The molecule has 0 spiro atoms. The molecular weight excluding hydrogens is 453 g/mol. The Hall–Kier alpha value is -3.68. The minimum atomic E-state index is -4.57. The third-order valence-corrected chi connectivity index (χ3v) is 6.49. The number of aromatic nitrogens is 3. The standard InChI is InChI=1S/C27H25F3N4O/c1-17-9-8-14-33(16-17)26(35)20-15-22(19-10-4-3-5-11-19)31-25-24(20)18(2)32-34(25)23-13-7-6-12-21(23)27(28,29)30/h3-7,10-13,15,17H,8-9,14,16H2,1-2H3/t17-/m1/s1. The summed E-state index contributed by atoms with van der Waals surface area (Å²) >= 11 is 0. The fraction of sp³-hybridized carbons (Fsp3) is 0.296. The number of hydrogen-bond donors (Lipinski definition) is 0. The normalized spacial score (nSPS) is 16.6. The van der Waals surface area contributed by atoms with E-state index in [0.717, 1.165) is 24.5 Å².